The molecule has 2 heterocycles. The van der Waals surface area contributed by atoms with E-state index in [0.29, 0.717) is 35.4 Å². The molecule has 0 saturated carbocycles. The molecule has 0 amide bonds. The molecule has 1 aromatic carbocycles. The average molecular weight is 366 g/mol. The maximum atomic E-state index is 12.1. The lowest BCUT2D eigenvalue weighted by atomic mass is 10.0. The topological polar surface area (TPSA) is 150 Å². The van der Waals surface area contributed by atoms with Crippen LogP contribution in [-0.4, -0.2) is 38.8 Å². The van der Waals surface area contributed by atoms with Crippen molar-refractivity contribution in [1.82, 2.24) is 19.9 Å². The second-order valence-electron chi connectivity index (χ2n) is 6.28. The molecule has 9 heteroatoms. The fourth-order valence-corrected chi connectivity index (χ4v) is 2.67. The number of fused-ring (bicyclic) bond motifs is 1. The number of ketones is 1. The molecule has 140 valence electrons. The van der Waals surface area contributed by atoms with Gasteiger partial charge in [0.1, 0.15) is 0 Å². The number of Topliss-reactive ketones (excluding diaryl/α,β-unsaturated/α-hetero) is 1. The Labute approximate surface area is 156 Å². The van der Waals surface area contributed by atoms with Crippen LogP contribution >= 0.6 is 0 Å². The lowest BCUT2D eigenvalue weighted by Gasteiger charge is -2.19. The van der Waals surface area contributed by atoms with E-state index in [0.717, 1.165) is 5.69 Å². The molecule has 1 atom stereocenters. The minimum Gasteiger partial charge on any atom is -0.382 e. The van der Waals surface area contributed by atoms with Crippen LogP contribution in [0.4, 0.5) is 17.5 Å². The summed E-state index contributed by atoms with van der Waals surface area (Å²) in [4.78, 5) is 30.8. The van der Waals surface area contributed by atoms with Crippen molar-refractivity contribution in [3.05, 3.63) is 41.7 Å². The predicted octanol–water partition coefficient (Wildman–Crippen LogP) is 1.14. The molecule has 1 unspecified atom stereocenters. The zero-order chi connectivity index (χ0) is 19.6. The Kier molecular flexibility index (Phi) is 5.13. The molecular weight excluding hydrogens is 344 g/mol. The van der Waals surface area contributed by atoms with E-state index in [1.54, 1.807) is 18.3 Å². The fraction of sp³-hybridized carbons (Fsp3) is 0.278. The SMILES string of the molecule is CCC(N)C(=O)c1ccc(N(C)Cc2cnc3nc(N)nc(N)c3n2)cc1. The summed E-state index contributed by atoms with van der Waals surface area (Å²) in [5.41, 5.74) is 20.3. The minimum absolute atomic E-state index is 0.0538. The number of aromatic nitrogens is 4. The van der Waals surface area contributed by atoms with Gasteiger partial charge in [-0.25, -0.2) is 9.97 Å². The van der Waals surface area contributed by atoms with Crippen LogP contribution in [0.3, 0.4) is 0 Å². The van der Waals surface area contributed by atoms with Gasteiger partial charge in [-0.3, -0.25) is 4.79 Å². The van der Waals surface area contributed by atoms with Gasteiger partial charge in [0.25, 0.3) is 0 Å². The van der Waals surface area contributed by atoms with Crippen molar-refractivity contribution in [1.29, 1.82) is 0 Å². The number of nitrogen functional groups attached to an aromatic ring is 2. The third-order valence-electron chi connectivity index (χ3n) is 4.27. The third kappa shape index (κ3) is 3.93. The normalized spacial score (nSPS) is 12.1. The first-order valence-electron chi connectivity index (χ1n) is 8.54. The minimum atomic E-state index is -0.469. The molecule has 0 spiro atoms. The molecule has 0 radical (unpaired) electrons. The number of carbonyl (C=O) groups is 1. The molecular formula is C18H22N8O. The van der Waals surface area contributed by atoms with Crippen LogP contribution in [0.25, 0.3) is 11.2 Å². The average Bonchev–Trinajstić information content (AvgIpc) is 2.67. The van der Waals surface area contributed by atoms with Crippen molar-refractivity contribution < 1.29 is 4.79 Å². The third-order valence-corrected chi connectivity index (χ3v) is 4.27. The molecule has 0 fully saturated rings. The largest absolute Gasteiger partial charge is 0.382 e. The van der Waals surface area contributed by atoms with E-state index in [2.05, 4.69) is 19.9 Å². The van der Waals surface area contributed by atoms with E-state index < -0.39 is 6.04 Å². The van der Waals surface area contributed by atoms with E-state index in [1.165, 1.54) is 0 Å². The van der Waals surface area contributed by atoms with Crippen LogP contribution < -0.4 is 22.1 Å². The molecule has 0 aliphatic rings. The summed E-state index contributed by atoms with van der Waals surface area (Å²) < 4.78 is 0. The first-order valence-corrected chi connectivity index (χ1v) is 8.54. The molecule has 3 aromatic rings. The van der Waals surface area contributed by atoms with Crippen LogP contribution in [-0.2, 0) is 6.54 Å². The Bertz CT molecular complexity index is 973. The van der Waals surface area contributed by atoms with Gasteiger partial charge in [-0.05, 0) is 30.7 Å². The fourth-order valence-electron chi connectivity index (χ4n) is 2.67. The van der Waals surface area contributed by atoms with E-state index in [4.69, 9.17) is 17.2 Å². The van der Waals surface area contributed by atoms with Gasteiger partial charge in [0.2, 0.25) is 5.95 Å². The van der Waals surface area contributed by atoms with Gasteiger partial charge in [0.05, 0.1) is 24.5 Å². The van der Waals surface area contributed by atoms with Gasteiger partial charge in [-0.2, -0.15) is 9.97 Å². The summed E-state index contributed by atoms with van der Waals surface area (Å²) in [7, 11) is 1.92. The van der Waals surface area contributed by atoms with E-state index in [9.17, 15) is 4.79 Å². The number of benzene rings is 1. The Morgan fingerprint density at radius 1 is 1.15 bits per heavy atom. The first-order chi connectivity index (χ1) is 12.9. The Balaban J connectivity index is 1.78. The zero-order valence-electron chi connectivity index (χ0n) is 15.3. The number of hydrogen-bond donors (Lipinski definition) is 3. The second kappa shape index (κ2) is 7.50. The number of nitrogens with zero attached hydrogens (tertiary/aromatic N) is 5. The lowest BCUT2D eigenvalue weighted by Crippen LogP contribution is -2.29. The van der Waals surface area contributed by atoms with Crippen molar-refractivity contribution in [2.45, 2.75) is 25.9 Å². The van der Waals surface area contributed by atoms with Gasteiger partial charge in [0, 0.05) is 18.3 Å². The molecule has 0 aliphatic carbocycles. The highest BCUT2D eigenvalue weighted by molar-refractivity contribution is 6.00. The molecule has 3 rings (SSSR count). The Morgan fingerprint density at radius 2 is 1.85 bits per heavy atom. The Morgan fingerprint density at radius 3 is 2.52 bits per heavy atom. The van der Waals surface area contributed by atoms with E-state index in [1.807, 2.05) is 31.0 Å². The van der Waals surface area contributed by atoms with Crippen molar-refractivity contribution in [3.63, 3.8) is 0 Å². The highest BCUT2D eigenvalue weighted by atomic mass is 16.1. The van der Waals surface area contributed by atoms with Gasteiger partial charge < -0.3 is 22.1 Å². The molecule has 0 saturated heterocycles. The van der Waals surface area contributed by atoms with E-state index in [-0.39, 0.29) is 17.5 Å². The summed E-state index contributed by atoms with van der Waals surface area (Å²) in [5, 5.41) is 0. The number of rotatable bonds is 6. The molecule has 27 heavy (non-hydrogen) atoms. The molecule has 6 N–H and O–H groups in total. The summed E-state index contributed by atoms with van der Waals surface area (Å²) in [6, 6.07) is 6.85. The summed E-state index contributed by atoms with van der Waals surface area (Å²) in [6.07, 6.45) is 2.24. The van der Waals surface area contributed by atoms with Gasteiger partial charge in [0.15, 0.2) is 22.8 Å². The maximum absolute atomic E-state index is 12.1. The molecule has 2 aromatic heterocycles. The van der Waals surface area contributed by atoms with E-state index >= 15 is 0 Å². The second-order valence-corrected chi connectivity index (χ2v) is 6.28. The summed E-state index contributed by atoms with van der Waals surface area (Å²) in [6.45, 7) is 2.38. The lowest BCUT2D eigenvalue weighted by molar-refractivity contribution is 0.0959. The van der Waals surface area contributed by atoms with Crippen LogP contribution in [0.5, 0.6) is 0 Å². The smallest absolute Gasteiger partial charge is 0.224 e. The summed E-state index contributed by atoms with van der Waals surface area (Å²) in [5.74, 6) is 0.211. The number of anilines is 3. The predicted molar refractivity (Wildman–Crippen MR) is 105 cm³/mol. The van der Waals surface area contributed by atoms with Crippen LogP contribution in [0, 0.1) is 0 Å². The maximum Gasteiger partial charge on any atom is 0.224 e. The first kappa shape index (κ1) is 18.5. The summed E-state index contributed by atoms with van der Waals surface area (Å²) >= 11 is 0. The molecule has 0 aliphatic heterocycles. The van der Waals surface area contributed by atoms with Gasteiger partial charge in [-0.15, -0.1) is 0 Å². The Hall–Kier alpha value is -3.33. The highest BCUT2D eigenvalue weighted by Crippen LogP contribution is 2.19. The monoisotopic (exact) mass is 366 g/mol. The van der Waals surface area contributed by atoms with Crippen LogP contribution in [0.15, 0.2) is 30.5 Å². The van der Waals surface area contributed by atoms with Gasteiger partial charge in [-0.1, -0.05) is 6.92 Å². The van der Waals surface area contributed by atoms with Crippen molar-refractivity contribution in [2.75, 3.05) is 23.4 Å². The van der Waals surface area contributed by atoms with Crippen molar-refractivity contribution in [2.24, 2.45) is 5.73 Å². The van der Waals surface area contributed by atoms with Gasteiger partial charge >= 0.3 is 0 Å². The molecule has 9 nitrogen and oxygen atoms in total. The standard InChI is InChI=1S/C18H22N8O/c1-3-13(19)15(27)10-4-6-12(7-5-10)26(2)9-11-8-22-17-14(23-11)16(20)24-18(21)25-17/h4-8,13H,3,9,19H2,1-2H3,(H4,20,21,22,24,25). The van der Waals surface area contributed by atoms with Crippen LogP contribution in [0.2, 0.25) is 0 Å². The quantitative estimate of drug-likeness (QED) is 0.545. The number of nitrogens with two attached hydrogens (primary N) is 3. The highest BCUT2D eigenvalue weighted by Gasteiger charge is 2.14. The zero-order valence-corrected chi connectivity index (χ0v) is 15.3. The van der Waals surface area contributed by atoms with Crippen LogP contribution in [0.1, 0.15) is 29.4 Å². The number of carbonyl (C=O) groups excluding carboxylic acids is 1. The van der Waals surface area contributed by atoms with Crippen molar-refractivity contribution >= 4 is 34.4 Å². The van der Waals surface area contributed by atoms with Crippen molar-refractivity contribution in [3.8, 4) is 0 Å². The number of hydrogen-bond acceptors (Lipinski definition) is 9. The molecule has 0 bridgehead atoms.